The molecule has 2 rings (SSSR count). The third-order valence-electron chi connectivity index (χ3n) is 3.49. The van der Waals surface area contributed by atoms with Crippen LogP contribution in [0.25, 0.3) is 0 Å². The van der Waals surface area contributed by atoms with E-state index in [2.05, 4.69) is 11.9 Å². The summed E-state index contributed by atoms with van der Waals surface area (Å²) < 4.78 is 16.6. The monoisotopic (exact) mass is 308 g/mol. The number of amides is 1. The van der Waals surface area contributed by atoms with Crippen LogP contribution >= 0.6 is 0 Å². The molecule has 1 aliphatic heterocycles. The Hall–Kier alpha value is -1.63. The first-order valence-corrected chi connectivity index (χ1v) is 7.55. The molecule has 0 spiro atoms. The predicted molar refractivity (Wildman–Crippen MR) is 83.1 cm³/mol. The van der Waals surface area contributed by atoms with E-state index < -0.39 is 5.91 Å². The Morgan fingerprint density at radius 3 is 2.77 bits per heavy atom. The molecule has 122 valence electrons. The zero-order valence-electron chi connectivity index (χ0n) is 13.0. The van der Waals surface area contributed by atoms with Gasteiger partial charge in [-0.3, -0.25) is 4.79 Å². The minimum atomic E-state index is -0.429. The zero-order valence-corrected chi connectivity index (χ0v) is 13.0. The maximum atomic E-state index is 11.0. The molecule has 0 aromatic heterocycles. The smallest absolute Gasteiger partial charge is 0.248 e. The molecule has 0 aliphatic carbocycles. The Balaban J connectivity index is 1.60. The lowest BCUT2D eigenvalue weighted by Gasteiger charge is -2.27. The molecule has 1 heterocycles. The van der Waals surface area contributed by atoms with Gasteiger partial charge in [0, 0.05) is 18.7 Å². The molecule has 22 heavy (non-hydrogen) atoms. The molecule has 1 atom stereocenters. The fourth-order valence-corrected chi connectivity index (χ4v) is 2.32. The summed E-state index contributed by atoms with van der Waals surface area (Å²) >= 11 is 0. The molecule has 0 bridgehead atoms. The van der Waals surface area contributed by atoms with Gasteiger partial charge in [0.15, 0.2) is 0 Å². The molecule has 0 saturated carbocycles. The third kappa shape index (κ3) is 5.63. The normalized spacial score (nSPS) is 18.4. The second-order valence-corrected chi connectivity index (χ2v) is 5.42. The summed E-state index contributed by atoms with van der Waals surface area (Å²) in [5.41, 5.74) is 5.68. The molecule has 1 aromatic rings. The molecule has 1 fully saturated rings. The van der Waals surface area contributed by atoms with Crippen LogP contribution in [0.3, 0.4) is 0 Å². The largest absolute Gasteiger partial charge is 0.494 e. The number of nitrogens with two attached hydrogens (primary N) is 1. The highest BCUT2D eigenvalue weighted by atomic mass is 16.6. The molecule has 6 heteroatoms. The van der Waals surface area contributed by atoms with E-state index in [9.17, 15) is 4.79 Å². The van der Waals surface area contributed by atoms with Crippen molar-refractivity contribution in [1.29, 1.82) is 0 Å². The van der Waals surface area contributed by atoms with Crippen molar-refractivity contribution < 1.29 is 19.0 Å². The summed E-state index contributed by atoms with van der Waals surface area (Å²) in [5.74, 6) is 0.318. The first-order valence-electron chi connectivity index (χ1n) is 7.55. The second kappa shape index (κ2) is 8.73. The van der Waals surface area contributed by atoms with Gasteiger partial charge in [0.1, 0.15) is 5.75 Å². The van der Waals surface area contributed by atoms with Crippen molar-refractivity contribution in [1.82, 2.24) is 4.90 Å². The number of carbonyl (C=O) groups is 1. The van der Waals surface area contributed by atoms with E-state index in [0.29, 0.717) is 32.0 Å². The van der Waals surface area contributed by atoms with Gasteiger partial charge in [-0.25, -0.2) is 0 Å². The van der Waals surface area contributed by atoms with Crippen LogP contribution in [-0.4, -0.2) is 63.5 Å². The quantitative estimate of drug-likeness (QED) is 0.722. The van der Waals surface area contributed by atoms with Crippen molar-refractivity contribution in [3.8, 4) is 5.75 Å². The number of primary amides is 1. The lowest BCUT2D eigenvalue weighted by atomic mass is 10.2. The maximum absolute atomic E-state index is 11.0. The average Bonchev–Trinajstić information content (AvgIpc) is 2.53. The van der Waals surface area contributed by atoms with Crippen molar-refractivity contribution in [3.63, 3.8) is 0 Å². The molecular formula is C16H24N2O4. The molecule has 2 N–H and O–H groups in total. The number of likely N-dealkylation sites (N-methyl/N-ethyl adjacent to an activating group) is 1. The van der Waals surface area contributed by atoms with Crippen molar-refractivity contribution in [2.45, 2.75) is 12.5 Å². The van der Waals surface area contributed by atoms with Crippen molar-refractivity contribution >= 4 is 5.91 Å². The lowest BCUT2D eigenvalue weighted by Crippen LogP contribution is -2.38. The lowest BCUT2D eigenvalue weighted by molar-refractivity contribution is -0.0958. The molecule has 1 amide bonds. The number of carbonyl (C=O) groups excluding carboxylic acids is 1. The van der Waals surface area contributed by atoms with Gasteiger partial charge in [-0.15, -0.1) is 0 Å². The number of hydrogen-bond donors (Lipinski definition) is 1. The Bertz CT molecular complexity index is 458. The number of benzene rings is 1. The molecule has 1 aromatic carbocycles. The highest BCUT2D eigenvalue weighted by Crippen LogP contribution is 2.12. The maximum Gasteiger partial charge on any atom is 0.248 e. The summed E-state index contributed by atoms with van der Waals surface area (Å²) in [5, 5.41) is 0. The van der Waals surface area contributed by atoms with Gasteiger partial charge < -0.3 is 24.8 Å². The van der Waals surface area contributed by atoms with Gasteiger partial charge in [0.2, 0.25) is 5.91 Å². The van der Waals surface area contributed by atoms with Crippen LogP contribution in [0.15, 0.2) is 24.3 Å². The summed E-state index contributed by atoms with van der Waals surface area (Å²) in [6.45, 7) is 4.48. The zero-order chi connectivity index (χ0) is 15.8. The summed E-state index contributed by atoms with van der Waals surface area (Å²) in [7, 11) is 2.07. The van der Waals surface area contributed by atoms with Crippen LogP contribution in [-0.2, 0) is 9.47 Å². The number of ether oxygens (including phenoxy) is 3. The SMILES string of the molecule is CN(CCCOc1ccc(C(N)=O)cc1)CC1COCCO1. The summed E-state index contributed by atoms with van der Waals surface area (Å²) in [6, 6.07) is 6.86. The van der Waals surface area contributed by atoms with Crippen LogP contribution in [0.4, 0.5) is 0 Å². The predicted octanol–water partition coefficient (Wildman–Crippen LogP) is 0.902. The van der Waals surface area contributed by atoms with Crippen LogP contribution in [0.5, 0.6) is 5.75 Å². The highest BCUT2D eigenvalue weighted by Gasteiger charge is 2.15. The minimum Gasteiger partial charge on any atom is -0.494 e. The van der Waals surface area contributed by atoms with Crippen molar-refractivity contribution in [2.75, 3.05) is 46.6 Å². The van der Waals surface area contributed by atoms with Crippen molar-refractivity contribution in [2.24, 2.45) is 5.73 Å². The Morgan fingerprint density at radius 2 is 2.14 bits per heavy atom. The van der Waals surface area contributed by atoms with Gasteiger partial charge in [-0.2, -0.15) is 0 Å². The van der Waals surface area contributed by atoms with Crippen LogP contribution < -0.4 is 10.5 Å². The van der Waals surface area contributed by atoms with Crippen molar-refractivity contribution in [3.05, 3.63) is 29.8 Å². The van der Waals surface area contributed by atoms with E-state index in [4.69, 9.17) is 19.9 Å². The van der Waals surface area contributed by atoms with Gasteiger partial charge >= 0.3 is 0 Å². The fraction of sp³-hybridized carbons (Fsp3) is 0.562. The second-order valence-electron chi connectivity index (χ2n) is 5.42. The Kier molecular flexibility index (Phi) is 6.64. The number of hydrogen-bond acceptors (Lipinski definition) is 5. The first-order chi connectivity index (χ1) is 10.6. The van der Waals surface area contributed by atoms with Crippen LogP contribution in [0, 0.1) is 0 Å². The molecule has 1 unspecified atom stereocenters. The Morgan fingerprint density at radius 1 is 1.36 bits per heavy atom. The van der Waals surface area contributed by atoms with E-state index in [0.717, 1.165) is 25.3 Å². The average molecular weight is 308 g/mol. The van der Waals surface area contributed by atoms with E-state index in [1.54, 1.807) is 24.3 Å². The summed E-state index contributed by atoms with van der Waals surface area (Å²) in [4.78, 5) is 13.2. The minimum absolute atomic E-state index is 0.168. The van der Waals surface area contributed by atoms with Crippen LogP contribution in [0.1, 0.15) is 16.8 Å². The standard InChI is InChI=1S/C16H24N2O4/c1-18(11-15-12-20-9-10-22-15)7-2-8-21-14-5-3-13(4-6-14)16(17)19/h3-6,15H,2,7-12H2,1H3,(H2,17,19). The van der Waals surface area contributed by atoms with Gasteiger partial charge in [-0.1, -0.05) is 0 Å². The number of rotatable bonds is 8. The molecule has 1 saturated heterocycles. The van der Waals surface area contributed by atoms with E-state index in [1.807, 2.05) is 0 Å². The van der Waals surface area contributed by atoms with E-state index in [1.165, 1.54) is 0 Å². The van der Waals surface area contributed by atoms with E-state index >= 15 is 0 Å². The Labute approximate surface area is 131 Å². The molecule has 6 nitrogen and oxygen atoms in total. The fourth-order valence-electron chi connectivity index (χ4n) is 2.32. The van der Waals surface area contributed by atoms with Gasteiger partial charge in [-0.05, 0) is 37.7 Å². The molecular weight excluding hydrogens is 284 g/mol. The molecule has 1 aliphatic rings. The van der Waals surface area contributed by atoms with Crippen LogP contribution in [0.2, 0.25) is 0 Å². The third-order valence-corrected chi connectivity index (χ3v) is 3.49. The molecule has 0 radical (unpaired) electrons. The first kappa shape index (κ1) is 16.7. The van der Waals surface area contributed by atoms with Gasteiger partial charge in [0.25, 0.3) is 0 Å². The highest BCUT2D eigenvalue weighted by molar-refractivity contribution is 5.92. The topological polar surface area (TPSA) is 74.0 Å². The van der Waals surface area contributed by atoms with E-state index in [-0.39, 0.29) is 6.10 Å². The summed E-state index contributed by atoms with van der Waals surface area (Å²) in [6.07, 6.45) is 1.09. The number of nitrogens with zero attached hydrogens (tertiary/aromatic N) is 1. The van der Waals surface area contributed by atoms with Gasteiger partial charge in [0.05, 0.1) is 32.5 Å².